The molecule has 0 aliphatic heterocycles. The normalized spacial score (nSPS) is 12.5. The third-order valence-electron chi connectivity index (χ3n) is 1.66. The van der Waals surface area contributed by atoms with Crippen LogP contribution < -0.4 is 40.1 Å². The molecule has 0 fully saturated rings. The highest BCUT2D eigenvalue weighted by molar-refractivity contribution is 5.81. The van der Waals surface area contributed by atoms with Gasteiger partial charge in [-0.1, -0.05) is 0 Å². The number of nitrogens with two attached hydrogens (primary N) is 5. The molecule has 0 unspecified atom stereocenters. The van der Waals surface area contributed by atoms with Crippen molar-refractivity contribution >= 4 is 11.8 Å². The minimum Gasteiger partial charge on any atom is -0.322 e. The highest BCUT2D eigenvalue weighted by Gasteiger charge is 2.05. The molecule has 10 nitrogen and oxygen atoms in total. The molecule has 12 N–H and O–H groups in total. The average molecular weight is 218 g/mol. The molecule has 0 aliphatic carbocycles. The van der Waals surface area contributed by atoms with E-state index < -0.39 is 0 Å². The lowest BCUT2D eigenvalue weighted by Gasteiger charge is -2.18. The summed E-state index contributed by atoms with van der Waals surface area (Å²) >= 11 is 0. The smallest absolute Gasteiger partial charge is 0.244 e. The van der Waals surface area contributed by atoms with Gasteiger partial charge in [-0.2, -0.15) is 5.10 Å². The summed E-state index contributed by atoms with van der Waals surface area (Å²) in [5, 5.41) is 8.01. The maximum Gasteiger partial charge on any atom is 0.244 e. The fourth-order valence-corrected chi connectivity index (χ4v) is 0.891. The van der Waals surface area contributed by atoms with Crippen LogP contribution in [0.4, 0.5) is 0 Å². The number of nitrogens with one attached hydrogen (secondary N) is 2. The topological polar surface area (TPSA) is 182 Å². The van der Waals surface area contributed by atoms with Crippen LogP contribution in [0, 0.1) is 0 Å². The van der Waals surface area contributed by atoms with Crippen LogP contribution in [0.1, 0.15) is 12.8 Å². The van der Waals surface area contributed by atoms with E-state index in [0.29, 0.717) is 25.2 Å². The summed E-state index contributed by atoms with van der Waals surface area (Å²) in [6, 6.07) is 0. The average Bonchev–Trinajstić information content (AvgIpc) is 2.26. The number of hydrogen-bond acceptors (Lipinski definition) is 7. The van der Waals surface area contributed by atoms with E-state index in [1.165, 1.54) is 5.01 Å². The Balaban J connectivity index is 3.86. The molecule has 0 heterocycles. The van der Waals surface area contributed by atoms with Crippen LogP contribution in [0.5, 0.6) is 0 Å². The Kier molecular flexibility index (Phi) is 6.70. The molecule has 0 radical (unpaired) electrons. The molecule has 0 spiro atoms. The standard InChI is InChI=1S/C5H18N10/c6-11-4(12-7)2-1-3-15(10)5(13-8)14-9/h1-3,6-10H2,(H,11,12)(H,13,14). The number of guanidine groups is 1. The number of amidine groups is 1. The molecule has 0 rings (SSSR count). The molecular formula is C5H18N10. The summed E-state index contributed by atoms with van der Waals surface area (Å²) in [6.45, 7) is 0.473. The van der Waals surface area contributed by atoms with E-state index in [-0.39, 0.29) is 5.96 Å². The van der Waals surface area contributed by atoms with Gasteiger partial charge in [0.05, 0.1) is 0 Å². The molecule has 15 heavy (non-hydrogen) atoms. The quantitative estimate of drug-likeness (QED) is 0.109. The predicted molar refractivity (Wildman–Crippen MR) is 58.0 cm³/mol. The number of hydrazine groups is 3. The third kappa shape index (κ3) is 4.85. The van der Waals surface area contributed by atoms with Crippen LogP contribution in [0.25, 0.3) is 0 Å². The van der Waals surface area contributed by atoms with Crippen LogP contribution in [-0.4, -0.2) is 23.3 Å². The van der Waals surface area contributed by atoms with Crippen LogP contribution >= 0.6 is 0 Å². The summed E-state index contributed by atoms with van der Waals surface area (Å²) < 4.78 is 0. The first kappa shape index (κ1) is 13.2. The van der Waals surface area contributed by atoms with Crippen molar-refractivity contribution in [2.75, 3.05) is 6.54 Å². The first-order valence-electron chi connectivity index (χ1n) is 4.19. The van der Waals surface area contributed by atoms with Crippen molar-refractivity contribution in [2.45, 2.75) is 12.8 Å². The monoisotopic (exact) mass is 218 g/mol. The summed E-state index contributed by atoms with van der Waals surface area (Å²) in [5.74, 6) is 26.5. The van der Waals surface area contributed by atoms with E-state index in [2.05, 4.69) is 21.1 Å². The molecule has 0 atom stereocenters. The largest absolute Gasteiger partial charge is 0.322 e. The SMILES string of the molecule is N/N=C(/CCCN(N)/C(=N/N)NN)NN. The molecule has 0 saturated carbocycles. The summed E-state index contributed by atoms with van der Waals surface area (Å²) in [5.41, 5.74) is 4.60. The summed E-state index contributed by atoms with van der Waals surface area (Å²) in [6.07, 6.45) is 1.22. The van der Waals surface area contributed by atoms with Crippen molar-refractivity contribution in [1.29, 1.82) is 0 Å². The van der Waals surface area contributed by atoms with Gasteiger partial charge in [-0.05, 0) is 6.42 Å². The fourth-order valence-electron chi connectivity index (χ4n) is 0.891. The molecule has 0 aromatic carbocycles. The minimum absolute atomic E-state index is 0.182. The molecule has 0 aromatic heterocycles. The second-order valence-corrected chi connectivity index (χ2v) is 2.61. The van der Waals surface area contributed by atoms with Crippen LogP contribution in [0.15, 0.2) is 10.2 Å². The van der Waals surface area contributed by atoms with Gasteiger partial charge in [0.2, 0.25) is 5.96 Å². The first-order valence-corrected chi connectivity index (χ1v) is 4.19. The Bertz CT molecular complexity index is 222. The second-order valence-electron chi connectivity index (χ2n) is 2.61. The maximum absolute atomic E-state index is 5.57. The Morgan fingerprint density at radius 3 is 2.20 bits per heavy atom. The van der Waals surface area contributed by atoms with Gasteiger partial charge >= 0.3 is 0 Å². The zero-order valence-electron chi connectivity index (χ0n) is 8.35. The first-order chi connectivity index (χ1) is 7.19. The van der Waals surface area contributed by atoms with Gasteiger partial charge in [-0.15, -0.1) is 5.10 Å². The Morgan fingerprint density at radius 1 is 1.13 bits per heavy atom. The fraction of sp³-hybridized carbons (Fsp3) is 0.600. The van der Waals surface area contributed by atoms with Gasteiger partial charge in [0.1, 0.15) is 5.84 Å². The van der Waals surface area contributed by atoms with E-state index >= 15 is 0 Å². The Hall–Kier alpha value is -1.78. The van der Waals surface area contributed by atoms with E-state index in [1.807, 2.05) is 0 Å². The zero-order chi connectivity index (χ0) is 11.7. The Labute approximate surface area is 87.4 Å². The van der Waals surface area contributed by atoms with Crippen molar-refractivity contribution < 1.29 is 0 Å². The lowest BCUT2D eigenvalue weighted by molar-refractivity contribution is 0.415. The molecule has 10 heteroatoms. The van der Waals surface area contributed by atoms with E-state index in [1.54, 1.807) is 0 Å². The molecule has 0 bridgehead atoms. The highest BCUT2D eigenvalue weighted by atomic mass is 15.5. The van der Waals surface area contributed by atoms with Gasteiger partial charge in [-0.3, -0.25) is 10.4 Å². The van der Waals surface area contributed by atoms with Gasteiger partial charge in [0.25, 0.3) is 0 Å². The van der Waals surface area contributed by atoms with Crippen molar-refractivity contribution in [3.8, 4) is 0 Å². The van der Waals surface area contributed by atoms with E-state index in [0.717, 1.165) is 0 Å². The molecule has 0 amide bonds. The van der Waals surface area contributed by atoms with Gasteiger partial charge in [-0.25, -0.2) is 17.5 Å². The van der Waals surface area contributed by atoms with Gasteiger partial charge < -0.3 is 17.1 Å². The summed E-state index contributed by atoms with van der Waals surface area (Å²) in [4.78, 5) is 0. The third-order valence-corrected chi connectivity index (χ3v) is 1.66. The van der Waals surface area contributed by atoms with Crippen molar-refractivity contribution in [3.05, 3.63) is 0 Å². The van der Waals surface area contributed by atoms with Gasteiger partial charge in [0, 0.05) is 13.0 Å². The molecule has 0 saturated heterocycles. The molecular weight excluding hydrogens is 200 g/mol. The number of hydrazone groups is 2. The summed E-state index contributed by atoms with van der Waals surface area (Å²) in [7, 11) is 0. The number of nitrogens with zero attached hydrogens (tertiary/aromatic N) is 3. The van der Waals surface area contributed by atoms with E-state index in [9.17, 15) is 0 Å². The van der Waals surface area contributed by atoms with Crippen LogP contribution in [-0.2, 0) is 0 Å². The van der Waals surface area contributed by atoms with Crippen LogP contribution in [0.2, 0.25) is 0 Å². The molecule has 88 valence electrons. The minimum atomic E-state index is 0.182. The predicted octanol–water partition coefficient (Wildman–Crippen LogP) is -3.63. The van der Waals surface area contributed by atoms with Crippen molar-refractivity contribution in [2.24, 2.45) is 39.4 Å². The van der Waals surface area contributed by atoms with Crippen molar-refractivity contribution in [1.82, 2.24) is 15.9 Å². The van der Waals surface area contributed by atoms with Crippen LogP contribution in [0.3, 0.4) is 0 Å². The highest BCUT2D eigenvalue weighted by Crippen LogP contribution is 1.91. The van der Waals surface area contributed by atoms with Crippen molar-refractivity contribution in [3.63, 3.8) is 0 Å². The van der Waals surface area contributed by atoms with Gasteiger partial charge in [0.15, 0.2) is 0 Å². The number of hydrogen-bond donors (Lipinski definition) is 7. The lowest BCUT2D eigenvalue weighted by atomic mass is 10.3. The lowest BCUT2D eigenvalue weighted by Crippen LogP contribution is -2.49. The molecule has 0 aliphatic rings. The molecule has 0 aromatic rings. The van der Waals surface area contributed by atoms with E-state index in [4.69, 9.17) is 29.2 Å². The zero-order valence-corrected chi connectivity index (χ0v) is 8.35. The maximum atomic E-state index is 5.57. The second kappa shape index (κ2) is 7.61. The Morgan fingerprint density at radius 2 is 1.80 bits per heavy atom. The number of rotatable bonds is 4.